The molecule has 1 aliphatic heterocycles. The summed E-state index contributed by atoms with van der Waals surface area (Å²) in [5, 5.41) is 0. The Labute approximate surface area is 149 Å². The first-order valence-corrected chi connectivity index (χ1v) is 9.48. The summed E-state index contributed by atoms with van der Waals surface area (Å²) in [5.41, 5.74) is 0.804. The molecular formula is C17H17F3N2O3S. The Morgan fingerprint density at radius 2 is 1.96 bits per heavy atom. The van der Waals surface area contributed by atoms with Crippen LogP contribution in [0.25, 0.3) is 0 Å². The number of nitrogens with zero attached hydrogens (tertiary/aromatic N) is 2. The van der Waals surface area contributed by atoms with Gasteiger partial charge in [0.1, 0.15) is 6.10 Å². The molecule has 140 valence electrons. The Morgan fingerprint density at radius 3 is 2.62 bits per heavy atom. The van der Waals surface area contributed by atoms with E-state index in [1.165, 1.54) is 4.31 Å². The summed E-state index contributed by atoms with van der Waals surface area (Å²) >= 11 is 0. The fraction of sp³-hybridized carbons (Fsp3) is 0.353. The van der Waals surface area contributed by atoms with E-state index in [-0.39, 0.29) is 24.7 Å². The van der Waals surface area contributed by atoms with Crippen molar-refractivity contribution in [2.75, 3.05) is 13.1 Å². The first-order valence-electron chi connectivity index (χ1n) is 7.87. The minimum absolute atomic E-state index is 0.0894. The largest absolute Gasteiger partial charge is 0.472 e. The topological polar surface area (TPSA) is 59.5 Å². The molecule has 9 heteroatoms. The monoisotopic (exact) mass is 386 g/mol. The molecule has 1 saturated heterocycles. The van der Waals surface area contributed by atoms with Crippen LogP contribution in [0.15, 0.2) is 42.6 Å². The van der Waals surface area contributed by atoms with Crippen molar-refractivity contribution in [3.05, 3.63) is 59.3 Å². The molecular weight excluding hydrogens is 369 g/mol. The molecule has 5 nitrogen and oxygen atoms in total. The van der Waals surface area contributed by atoms with E-state index in [9.17, 15) is 21.6 Å². The van der Waals surface area contributed by atoms with Crippen LogP contribution < -0.4 is 4.74 Å². The predicted octanol–water partition coefficient (Wildman–Crippen LogP) is 3.00. The maximum absolute atomic E-state index is 12.7. The smallest absolute Gasteiger partial charge is 0.416 e. The van der Waals surface area contributed by atoms with Gasteiger partial charge in [0, 0.05) is 12.3 Å². The predicted molar refractivity (Wildman–Crippen MR) is 89.0 cm³/mol. The van der Waals surface area contributed by atoms with E-state index in [4.69, 9.17) is 4.74 Å². The Morgan fingerprint density at radius 1 is 1.23 bits per heavy atom. The van der Waals surface area contributed by atoms with E-state index < -0.39 is 27.9 Å². The first-order chi connectivity index (χ1) is 12.1. The number of aryl methyl sites for hydroxylation is 1. The zero-order valence-electron chi connectivity index (χ0n) is 13.9. The van der Waals surface area contributed by atoms with Crippen LogP contribution in [-0.2, 0) is 22.0 Å². The zero-order chi connectivity index (χ0) is 18.9. The summed E-state index contributed by atoms with van der Waals surface area (Å²) in [6.45, 7) is 2.06. The van der Waals surface area contributed by atoms with Gasteiger partial charge in [-0.05, 0) is 18.6 Å². The molecule has 0 unspecified atom stereocenters. The third-order valence-corrected chi connectivity index (χ3v) is 5.77. The van der Waals surface area contributed by atoms with E-state index in [1.54, 1.807) is 18.2 Å². The minimum Gasteiger partial charge on any atom is -0.472 e. The third kappa shape index (κ3) is 4.34. The Bertz CT molecular complexity index is 894. The summed E-state index contributed by atoms with van der Waals surface area (Å²) in [6, 6.07) is 8.88. The molecule has 0 atom stereocenters. The molecule has 0 aliphatic carbocycles. The number of sulfonamides is 1. The maximum atomic E-state index is 12.7. The zero-order valence-corrected chi connectivity index (χ0v) is 14.7. The quantitative estimate of drug-likeness (QED) is 0.793. The lowest BCUT2D eigenvalue weighted by molar-refractivity contribution is -0.137. The number of ether oxygens (including phenoxy) is 1. The highest BCUT2D eigenvalue weighted by Crippen LogP contribution is 2.31. The van der Waals surface area contributed by atoms with Gasteiger partial charge in [-0.15, -0.1) is 0 Å². The van der Waals surface area contributed by atoms with Crippen molar-refractivity contribution in [2.45, 2.75) is 25.0 Å². The number of benzene rings is 1. The molecule has 3 rings (SSSR count). The van der Waals surface area contributed by atoms with Gasteiger partial charge in [-0.3, -0.25) is 0 Å². The van der Waals surface area contributed by atoms with Crippen molar-refractivity contribution in [1.29, 1.82) is 0 Å². The average molecular weight is 386 g/mol. The van der Waals surface area contributed by atoms with Gasteiger partial charge >= 0.3 is 6.18 Å². The number of hydrogen-bond donors (Lipinski definition) is 0. The van der Waals surface area contributed by atoms with Crippen molar-refractivity contribution in [2.24, 2.45) is 0 Å². The van der Waals surface area contributed by atoms with Gasteiger partial charge in [-0.25, -0.2) is 13.4 Å². The fourth-order valence-corrected chi connectivity index (χ4v) is 4.20. The maximum Gasteiger partial charge on any atom is 0.416 e. The highest BCUT2D eigenvalue weighted by Gasteiger charge is 2.38. The van der Waals surface area contributed by atoms with E-state index >= 15 is 0 Å². The summed E-state index contributed by atoms with van der Waals surface area (Å²) in [5.74, 6) is -0.288. The van der Waals surface area contributed by atoms with Gasteiger partial charge in [0.05, 0.1) is 24.4 Å². The van der Waals surface area contributed by atoms with Crippen LogP contribution in [0.2, 0.25) is 0 Å². The summed E-state index contributed by atoms with van der Waals surface area (Å²) < 4.78 is 69.4. The Kier molecular flexibility index (Phi) is 4.94. The standard InChI is InChI=1S/C17H17F3N2O3S/c1-12-3-2-4-13(7-12)11-26(23,24)22-9-15(10-22)25-16-8-14(5-6-21-16)17(18,19)20/h2-8,15H,9-11H2,1H3. The molecule has 0 bridgehead atoms. The summed E-state index contributed by atoms with van der Waals surface area (Å²) in [7, 11) is -3.50. The van der Waals surface area contributed by atoms with Crippen LogP contribution in [-0.4, -0.2) is 36.9 Å². The molecule has 26 heavy (non-hydrogen) atoms. The van der Waals surface area contributed by atoms with Gasteiger partial charge < -0.3 is 4.74 Å². The highest BCUT2D eigenvalue weighted by molar-refractivity contribution is 7.88. The second kappa shape index (κ2) is 6.88. The SMILES string of the molecule is Cc1cccc(CS(=O)(=O)N2CC(Oc3cc(C(F)(F)F)ccn3)C2)c1. The van der Waals surface area contributed by atoms with Crippen molar-refractivity contribution in [3.63, 3.8) is 0 Å². The number of alkyl halides is 3. The molecule has 0 amide bonds. The molecule has 1 fully saturated rings. The van der Waals surface area contributed by atoms with E-state index in [1.807, 2.05) is 13.0 Å². The number of rotatable bonds is 5. The second-order valence-electron chi connectivity index (χ2n) is 6.18. The lowest BCUT2D eigenvalue weighted by Crippen LogP contribution is -2.56. The average Bonchev–Trinajstić information content (AvgIpc) is 2.49. The van der Waals surface area contributed by atoms with Crippen LogP contribution >= 0.6 is 0 Å². The van der Waals surface area contributed by atoms with Crippen LogP contribution in [0.3, 0.4) is 0 Å². The van der Waals surface area contributed by atoms with Crippen molar-refractivity contribution in [1.82, 2.24) is 9.29 Å². The van der Waals surface area contributed by atoms with Crippen LogP contribution in [0.4, 0.5) is 13.2 Å². The van der Waals surface area contributed by atoms with Gasteiger partial charge in [0.25, 0.3) is 0 Å². The van der Waals surface area contributed by atoms with Crippen LogP contribution in [0.1, 0.15) is 16.7 Å². The van der Waals surface area contributed by atoms with Crippen LogP contribution in [0.5, 0.6) is 5.88 Å². The molecule has 1 aromatic heterocycles. The number of aromatic nitrogens is 1. The van der Waals surface area contributed by atoms with Gasteiger partial charge in [0.2, 0.25) is 15.9 Å². The van der Waals surface area contributed by atoms with E-state index in [0.29, 0.717) is 5.56 Å². The lowest BCUT2D eigenvalue weighted by atomic mass is 10.2. The molecule has 0 radical (unpaired) electrons. The molecule has 1 aromatic carbocycles. The number of hydrogen-bond acceptors (Lipinski definition) is 4. The molecule has 0 spiro atoms. The minimum atomic E-state index is -4.48. The third-order valence-electron chi connectivity index (χ3n) is 3.99. The number of halogens is 3. The summed E-state index contributed by atoms with van der Waals surface area (Å²) in [4.78, 5) is 3.75. The number of pyridine rings is 1. The van der Waals surface area contributed by atoms with Crippen molar-refractivity contribution in [3.8, 4) is 5.88 Å². The van der Waals surface area contributed by atoms with Crippen LogP contribution in [0, 0.1) is 6.92 Å². The molecule has 0 N–H and O–H groups in total. The lowest BCUT2D eigenvalue weighted by Gasteiger charge is -2.37. The molecule has 2 aromatic rings. The second-order valence-corrected chi connectivity index (χ2v) is 8.15. The Balaban J connectivity index is 1.58. The Hall–Kier alpha value is -2.13. The van der Waals surface area contributed by atoms with E-state index in [2.05, 4.69) is 4.98 Å². The summed E-state index contributed by atoms with van der Waals surface area (Å²) in [6.07, 6.45) is -3.98. The molecule has 1 aliphatic rings. The fourth-order valence-electron chi connectivity index (χ4n) is 2.63. The first kappa shape index (κ1) is 18.7. The van der Waals surface area contributed by atoms with Crippen molar-refractivity contribution >= 4 is 10.0 Å². The van der Waals surface area contributed by atoms with E-state index in [0.717, 1.165) is 23.9 Å². The van der Waals surface area contributed by atoms with Gasteiger partial charge in [-0.1, -0.05) is 29.8 Å². The molecule has 2 heterocycles. The highest BCUT2D eigenvalue weighted by atomic mass is 32.2. The normalized spacial score (nSPS) is 16.3. The van der Waals surface area contributed by atoms with Gasteiger partial charge in [-0.2, -0.15) is 17.5 Å². The van der Waals surface area contributed by atoms with Crippen molar-refractivity contribution < 1.29 is 26.3 Å². The molecule has 0 saturated carbocycles. The van der Waals surface area contributed by atoms with Gasteiger partial charge in [0.15, 0.2) is 0 Å².